The zero-order valence-corrected chi connectivity index (χ0v) is 13.6. The van der Waals surface area contributed by atoms with Crippen molar-refractivity contribution in [2.24, 2.45) is 5.73 Å². The molecule has 21 heavy (non-hydrogen) atoms. The number of carbonyl (C=O) groups excluding carboxylic acids is 1. The molecular formula is C15H21Cl2N3O. The van der Waals surface area contributed by atoms with Gasteiger partial charge in [0.2, 0.25) is 5.91 Å². The molecule has 0 unspecified atom stereocenters. The van der Waals surface area contributed by atoms with Crippen molar-refractivity contribution in [2.45, 2.75) is 37.8 Å². The highest BCUT2D eigenvalue weighted by Crippen LogP contribution is 2.29. The van der Waals surface area contributed by atoms with Crippen LogP contribution in [0.3, 0.4) is 0 Å². The Balaban J connectivity index is 1.89. The molecule has 0 aromatic heterocycles. The third kappa shape index (κ3) is 4.58. The van der Waals surface area contributed by atoms with Crippen LogP contribution in [0.15, 0.2) is 18.2 Å². The molecular weight excluding hydrogens is 309 g/mol. The number of halogens is 2. The Morgan fingerprint density at radius 1 is 1.29 bits per heavy atom. The van der Waals surface area contributed by atoms with Gasteiger partial charge < -0.3 is 11.1 Å². The lowest BCUT2D eigenvalue weighted by molar-refractivity contribution is -0.117. The van der Waals surface area contributed by atoms with Crippen molar-refractivity contribution in [1.82, 2.24) is 4.90 Å². The standard InChI is InChI=1S/C15H21Cl2N3O/c1-20(11-7-5-10(18)6-8-11)9-14(21)19-15-12(16)3-2-4-13(15)17/h2-4,10-11H,5-9,18H2,1H3,(H,19,21). The number of carbonyl (C=O) groups is 1. The van der Waals surface area contributed by atoms with Gasteiger partial charge in [0.1, 0.15) is 0 Å². The predicted octanol–water partition coefficient (Wildman–Crippen LogP) is 3.13. The highest BCUT2D eigenvalue weighted by atomic mass is 35.5. The van der Waals surface area contributed by atoms with Crippen molar-refractivity contribution in [1.29, 1.82) is 0 Å². The van der Waals surface area contributed by atoms with Gasteiger partial charge in [-0.2, -0.15) is 0 Å². The van der Waals surface area contributed by atoms with E-state index < -0.39 is 0 Å². The molecule has 0 atom stereocenters. The Hall–Kier alpha value is -0.810. The Morgan fingerprint density at radius 3 is 2.43 bits per heavy atom. The first-order chi connectivity index (χ1) is 9.97. The zero-order chi connectivity index (χ0) is 15.4. The first kappa shape index (κ1) is 16.6. The Labute approximate surface area is 135 Å². The van der Waals surface area contributed by atoms with Gasteiger partial charge in [-0.05, 0) is 44.9 Å². The summed E-state index contributed by atoms with van der Waals surface area (Å²) in [4.78, 5) is 14.2. The van der Waals surface area contributed by atoms with Gasteiger partial charge in [0.25, 0.3) is 0 Å². The normalized spacial score (nSPS) is 22.3. The number of hydrogen-bond acceptors (Lipinski definition) is 3. The second kappa shape index (κ2) is 7.45. The smallest absolute Gasteiger partial charge is 0.238 e. The number of rotatable bonds is 4. The minimum atomic E-state index is -0.109. The van der Waals surface area contributed by atoms with Crippen LogP contribution in [-0.4, -0.2) is 36.5 Å². The van der Waals surface area contributed by atoms with Crippen LogP contribution in [0.2, 0.25) is 10.0 Å². The highest BCUT2D eigenvalue weighted by molar-refractivity contribution is 6.39. The first-order valence-electron chi connectivity index (χ1n) is 7.17. The van der Waals surface area contributed by atoms with Crippen molar-refractivity contribution < 1.29 is 4.79 Å². The monoisotopic (exact) mass is 329 g/mol. The molecule has 3 N–H and O–H groups in total. The molecule has 4 nitrogen and oxygen atoms in total. The lowest BCUT2D eigenvalue weighted by atomic mass is 9.91. The molecule has 1 aromatic carbocycles. The van der Waals surface area contributed by atoms with Crippen LogP contribution >= 0.6 is 23.2 Å². The van der Waals surface area contributed by atoms with E-state index in [1.807, 2.05) is 7.05 Å². The molecule has 0 aliphatic heterocycles. The molecule has 1 amide bonds. The molecule has 0 heterocycles. The summed E-state index contributed by atoms with van der Waals surface area (Å²) in [6.45, 7) is 0.321. The molecule has 1 fully saturated rings. The summed E-state index contributed by atoms with van der Waals surface area (Å²) in [6, 6.07) is 5.88. The van der Waals surface area contributed by atoms with Crippen molar-refractivity contribution >= 4 is 34.8 Å². The summed E-state index contributed by atoms with van der Waals surface area (Å²) < 4.78 is 0. The van der Waals surface area contributed by atoms with Crippen molar-refractivity contribution in [3.63, 3.8) is 0 Å². The van der Waals surface area contributed by atoms with E-state index in [-0.39, 0.29) is 5.91 Å². The van der Waals surface area contributed by atoms with E-state index in [2.05, 4.69) is 10.2 Å². The number of nitrogens with two attached hydrogens (primary N) is 1. The number of nitrogens with zero attached hydrogens (tertiary/aromatic N) is 1. The fourth-order valence-corrected chi connectivity index (χ4v) is 3.19. The van der Waals surface area contributed by atoms with E-state index in [1.165, 1.54) is 0 Å². The van der Waals surface area contributed by atoms with Crippen molar-refractivity contribution in [3.8, 4) is 0 Å². The summed E-state index contributed by atoms with van der Waals surface area (Å²) >= 11 is 12.1. The van der Waals surface area contributed by atoms with E-state index >= 15 is 0 Å². The molecule has 0 bridgehead atoms. The number of nitrogens with one attached hydrogen (secondary N) is 1. The van der Waals surface area contributed by atoms with Crippen molar-refractivity contribution in [3.05, 3.63) is 28.2 Å². The molecule has 0 saturated heterocycles. The fraction of sp³-hybridized carbons (Fsp3) is 0.533. The van der Waals surface area contributed by atoms with Crippen LogP contribution in [0, 0.1) is 0 Å². The van der Waals surface area contributed by atoms with Crippen LogP contribution in [-0.2, 0) is 4.79 Å². The number of para-hydroxylation sites is 1. The van der Waals surface area contributed by atoms with Crippen LogP contribution in [0.5, 0.6) is 0 Å². The molecule has 6 heteroatoms. The second-order valence-corrected chi connectivity index (χ2v) is 6.44. The fourth-order valence-electron chi connectivity index (χ4n) is 2.69. The van der Waals surface area contributed by atoms with E-state index in [0.717, 1.165) is 25.7 Å². The van der Waals surface area contributed by atoms with Gasteiger partial charge in [-0.3, -0.25) is 9.69 Å². The maximum Gasteiger partial charge on any atom is 0.238 e. The molecule has 1 aliphatic rings. The quantitative estimate of drug-likeness (QED) is 0.892. The molecule has 0 radical (unpaired) electrons. The van der Waals surface area contributed by atoms with Gasteiger partial charge in [-0.1, -0.05) is 29.3 Å². The molecule has 0 spiro atoms. The Bertz CT molecular complexity index is 481. The number of anilines is 1. The van der Waals surface area contributed by atoms with E-state index in [0.29, 0.717) is 34.4 Å². The molecule has 116 valence electrons. The van der Waals surface area contributed by atoms with Gasteiger partial charge in [0, 0.05) is 12.1 Å². The van der Waals surface area contributed by atoms with Crippen molar-refractivity contribution in [2.75, 3.05) is 18.9 Å². The van der Waals surface area contributed by atoms with Crippen LogP contribution < -0.4 is 11.1 Å². The highest BCUT2D eigenvalue weighted by Gasteiger charge is 2.23. The van der Waals surface area contributed by atoms with Crippen LogP contribution in [0.4, 0.5) is 5.69 Å². The minimum Gasteiger partial charge on any atom is -0.328 e. The third-order valence-electron chi connectivity index (χ3n) is 3.98. The van der Waals surface area contributed by atoms with E-state index in [4.69, 9.17) is 28.9 Å². The summed E-state index contributed by atoms with van der Waals surface area (Å²) in [5.41, 5.74) is 6.38. The number of amides is 1. The van der Waals surface area contributed by atoms with Gasteiger partial charge >= 0.3 is 0 Å². The molecule has 1 saturated carbocycles. The SMILES string of the molecule is CN(CC(=O)Nc1c(Cl)cccc1Cl)C1CCC(N)CC1. The topological polar surface area (TPSA) is 58.4 Å². The Morgan fingerprint density at radius 2 is 1.86 bits per heavy atom. The van der Waals surface area contributed by atoms with Crippen LogP contribution in [0.1, 0.15) is 25.7 Å². The predicted molar refractivity (Wildman–Crippen MR) is 88.0 cm³/mol. The average Bonchev–Trinajstić information content (AvgIpc) is 2.43. The van der Waals surface area contributed by atoms with Gasteiger partial charge in [-0.15, -0.1) is 0 Å². The summed E-state index contributed by atoms with van der Waals surface area (Å²) in [5.74, 6) is -0.109. The Kier molecular flexibility index (Phi) is 5.88. The summed E-state index contributed by atoms with van der Waals surface area (Å²) in [7, 11) is 1.97. The third-order valence-corrected chi connectivity index (χ3v) is 4.61. The number of benzene rings is 1. The zero-order valence-electron chi connectivity index (χ0n) is 12.1. The van der Waals surface area contributed by atoms with Gasteiger partial charge in [0.05, 0.1) is 22.3 Å². The van der Waals surface area contributed by atoms with Crippen LogP contribution in [0.25, 0.3) is 0 Å². The number of hydrogen-bond donors (Lipinski definition) is 2. The van der Waals surface area contributed by atoms with E-state index in [9.17, 15) is 4.79 Å². The maximum atomic E-state index is 12.1. The molecule has 1 aliphatic carbocycles. The second-order valence-electron chi connectivity index (χ2n) is 5.63. The summed E-state index contributed by atoms with van der Waals surface area (Å²) in [5, 5.41) is 3.68. The molecule has 2 rings (SSSR count). The average molecular weight is 330 g/mol. The number of likely N-dealkylation sites (N-methyl/N-ethyl adjacent to an activating group) is 1. The maximum absolute atomic E-state index is 12.1. The first-order valence-corrected chi connectivity index (χ1v) is 7.92. The minimum absolute atomic E-state index is 0.109. The lowest BCUT2D eigenvalue weighted by Gasteiger charge is -2.33. The molecule has 1 aromatic rings. The largest absolute Gasteiger partial charge is 0.328 e. The van der Waals surface area contributed by atoms with Gasteiger partial charge in [-0.25, -0.2) is 0 Å². The van der Waals surface area contributed by atoms with E-state index in [1.54, 1.807) is 18.2 Å². The van der Waals surface area contributed by atoms with Gasteiger partial charge in [0.15, 0.2) is 0 Å². The lowest BCUT2D eigenvalue weighted by Crippen LogP contribution is -2.42. The summed E-state index contributed by atoms with van der Waals surface area (Å²) in [6.07, 6.45) is 4.12.